The molecule has 5 nitrogen and oxygen atoms in total. The third-order valence-electron chi connectivity index (χ3n) is 4.24. The van der Waals surface area contributed by atoms with Crippen molar-refractivity contribution in [3.05, 3.63) is 24.3 Å². The average Bonchev–Trinajstić information content (AvgIpc) is 3.23. The fourth-order valence-corrected chi connectivity index (χ4v) is 3.78. The van der Waals surface area contributed by atoms with Crippen molar-refractivity contribution in [1.29, 1.82) is 0 Å². The van der Waals surface area contributed by atoms with Crippen molar-refractivity contribution < 1.29 is 9.53 Å². The van der Waals surface area contributed by atoms with Gasteiger partial charge in [-0.05, 0) is 31.4 Å². The van der Waals surface area contributed by atoms with Gasteiger partial charge in [0, 0.05) is 19.7 Å². The lowest BCUT2D eigenvalue weighted by Crippen LogP contribution is -2.32. The molecule has 1 amide bonds. The Kier molecular flexibility index (Phi) is 6.15. The summed E-state index contributed by atoms with van der Waals surface area (Å²) in [5.41, 5.74) is 2.14. The number of amides is 1. The van der Waals surface area contributed by atoms with Crippen LogP contribution in [-0.4, -0.2) is 40.5 Å². The van der Waals surface area contributed by atoms with E-state index in [4.69, 9.17) is 9.72 Å². The van der Waals surface area contributed by atoms with Gasteiger partial charge in [0.15, 0.2) is 5.16 Å². The van der Waals surface area contributed by atoms with Crippen LogP contribution in [0.2, 0.25) is 0 Å². The summed E-state index contributed by atoms with van der Waals surface area (Å²) in [5.74, 6) is 0.437. The van der Waals surface area contributed by atoms with E-state index in [-0.39, 0.29) is 12.0 Å². The normalized spacial score (nSPS) is 17.5. The Bertz CT molecular complexity index is 680. The molecule has 1 saturated heterocycles. The second kappa shape index (κ2) is 8.53. The highest BCUT2D eigenvalue weighted by Crippen LogP contribution is 2.24. The standard InChI is InChI=1S/C18H25N3O2S/c1-2-3-10-21-16-9-5-4-8-15(16)20-18(21)24-13-17(22)19-12-14-7-6-11-23-14/h4-5,8-9,14H,2-3,6-7,10-13H2,1H3,(H,19,22)/t14-/m0/s1. The quantitative estimate of drug-likeness (QED) is 0.745. The van der Waals surface area contributed by atoms with Crippen LogP contribution in [0.25, 0.3) is 11.0 Å². The summed E-state index contributed by atoms with van der Waals surface area (Å²) in [6, 6.07) is 8.16. The van der Waals surface area contributed by atoms with E-state index in [1.54, 1.807) is 0 Å². The molecule has 2 heterocycles. The number of carbonyl (C=O) groups is 1. The number of unbranched alkanes of at least 4 members (excludes halogenated alkanes) is 1. The zero-order valence-electron chi connectivity index (χ0n) is 14.2. The second-order valence-electron chi connectivity index (χ2n) is 6.12. The van der Waals surface area contributed by atoms with E-state index < -0.39 is 0 Å². The number of aryl methyl sites for hydroxylation is 1. The van der Waals surface area contributed by atoms with E-state index in [1.165, 1.54) is 11.8 Å². The number of aromatic nitrogens is 2. The Morgan fingerprint density at radius 1 is 1.46 bits per heavy atom. The number of benzene rings is 1. The zero-order valence-corrected chi connectivity index (χ0v) is 15.0. The number of ether oxygens (including phenoxy) is 1. The zero-order chi connectivity index (χ0) is 16.8. The highest BCUT2D eigenvalue weighted by molar-refractivity contribution is 7.99. The van der Waals surface area contributed by atoms with Crippen LogP contribution in [0.1, 0.15) is 32.6 Å². The van der Waals surface area contributed by atoms with Gasteiger partial charge in [0.25, 0.3) is 0 Å². The first kappa shape index (κ1) is 17.3. The molecule has 24 heavy (non-hydrogen) atoms. The number of fused-ring (bicyclic) bond motifs is 1. The van der Waals surface area contributed by atoms with E-state index in [9.17, 15) is 4.79 Å². The predicted molar refractivity (Wildman–Crippen MR) is 97.3 cm³/mol. The lowest BCUT2D eigenvalue weighted by atomic mass is 10.2. The number of carbonyl (C=O) groups excluding carboxylic acids is 1. The third-order valence-corrected chi connectivity index (χ3v) is 5.21. The molecule has 1 aliphatic rings. The number of hydrogen-bond acceptors (Lipinski definition) is 4. The minimum atomic E-state index is 0.0459. The average molecular weight is 347 g/mol. The van der Waals surface area contributed by atoms with E-state index in [1.807, 2.05) is 18.2 Å². The highest BCUT2D eigenvalue weighted by Gasteiger charge is 2.17. The van der Waals surface area contributed by atoms with Crippen LogP contribution in [-0.2, 0) is 16.1 Å². The van der Waals surface area contributed by atoms with E-state index >= 15 is 0 Å². The lowest BCUT2D eigenvalue weighted by molar-refractivity contribution is -0.119. The molecule has 1 aromatic heterocycles. The summed E-state index contributed by atoms with van der Waals surface area (Å²) >= 11 is 1.51. The summed E-state index contributed by atoms with van der Waals surface area (Å²) in [6.07, 6.45) is 4.57. The van der Waals surface area contributed by atoms with Crippen molar-refractivity contribution in [3.63, 3.8) is 0 Å². The van der Waals surface area contributed by atoms with E-state index in [0.717, 1.165) is 55.0 Å². The van der Waals surface area contributed by atoms with Crippen molar-refractivity contribution in [2.24, 2.45) is 0 Å². The Morgan fingerprint density at radius 2 is 2.33 bits per heavy atom. The number of imidazole rings is 1. The molecule has 1 atom stereocenters. The maximum atomic E-state index is 12.1. The van der Waals surface area contributed by atoms with Crippen LogP contribution in [0.3, 0.4) is 0 Å². The molecular formula is C18H25N3O2S. The van der Waals surface area contributed by atoms with Crippen LogP contribution in [0.5, 0.6) is 0 Å². The van der Waals surface area contributed by atoms with Gasteiger partial charge in [-0.1, -0.05) is 37.2 Å². The van der Waals surface area contributed by atoms with Crippen molar-refractivity contribution >= 4 is 28.7 Å². The molecule has 3 rings (SSSR count). The molecule has 0 saturated carbocycles. The molecule has 1 aromatic carbocycles. The molecule has 0 bridgehead atoms. The Hall–Kier alpha value is -1.53. The smallest absolute Gasteiger partial charge is 0.230 e. The van der Waals surface area contributed by atoms with Crippen LogP contribution in [0.4, 0.5) is 0 Å². The van der Waals surface area contributed by atoms with Gasteiger partial charge < -0.3 is 14.6 Å². The molecule has 130 valence electrons. The maximum absolute atomic E-state index is 12.1. The molecule has 1 aliphatic heterocycles. The number of nitrogens with one attached hydrogen (secondary N) is 1. The van der Waals surface area contributed by atoms with Gasteiger partial charge in [-0.15, -0.1) is 0 Å². The van der Waals surface area contributed by atoms with E-state index in [0.29, 0.717) is 12.3 Å². The Morgan fingerprint density at radius 3 is 3.12 bits per heavy atom. The molecule has 0 unspecified atom stereocenters. The molecule has 2 aromatic rings. The fraction of sp³-hybridized carbons (Fsp3) is 0.556. The highest BCUT2D eigenvalue weighted by atomic mass is 32.2. The summed E-state index contributed by atoms with van der Waals surface area (Å²) in [5, 5.41) is 3.90. The van der Waals surface area contributed by atoms with Gasteiger partial charge >= 0.3 is 0 Å². The molecule has 0 aliphatic carbocycles. The topological polar surface area (TPSA) is 56.2 Å². The van der Waals surface area contributed by atoms with Crippen molar-refractivity contribution in [2.75, 3.05) is 18.9 Å². The molecular weight excluding hydrogens is 322 g/mol. The number of hydrogen-bond donors (Lipinski definition) is 1. The first-order valence-electron chi connectivity index (χ1n) is 8.74. The Balaban J connectivity index is 1.60. The van der Waals surface area contributed by atoms with Crippen molar-refractivity contribution in [3.8, 4) is 0 Å². The minimum absolute atomic E-state index is 0.0459. The summed E-state index contributed by atoms with van der Waals surface area (Å²) in [6.45, 7) is 4.56. The van der Waals surface area contributed by atoms with Crippen molar-refractivity contribution in [2.45, 2.75) is 50.4 Å². The van der Waals surface area contributed by atoms with E-state index in [2.05, 4.69) is 22.9 Å². The summed E-state index contributed by atoms with van der Waals surface area (Å²) in [7, 11) is 0. The number of para-hydroxylation sites is 2. The van der Waals surface area contributed by atoms with Crippen LogP contribution < -0.4 is 5.32 Å². The number of rotatable bonds is 8. The van der Waals surface area contributed by atoms with Gasteiger partial charge in [-0.2, -0.15) is 0 Å². The first-order valence-corrected chi connectivity index (χ1v) is 9.73. The van der Waals surface area contributed by atoms with Gasteiger partial charge in [0.1, 0.15) is 0 Å². The summed E-state index contributed by atoms with van der Waals surface area (Å²) < 4.78 is 7.76. The van der Waals surface area contributed by atoms with Crippen LogP contribution in [0, 0.1) is 0 Å². The molecule has 1 N–H and O–H groups in total. The third kappa shape index (κ3) is 4.30. The van der Waals surface area contributed by atoms with Gasteiger partial charge in [0.2, 0.25) is 5.91 Å². The van der Waals surface area contributed by atoms with Crippen molar-refractivity contribution in [1.82, 2.24) is 14.9 Å². The predicted octanol–water partition coefficient (Wildman–Crippen LogP) is 3.22. The molecule has 0 spiro atoms. The number of nitrogens with zero attached hydrogens (tertiary/aromatic N) is 2. The molecule has 1 fully saturated rings. The fourth-order valence-electron chi connectivity index (χ4n) is 2.91. The largest absolute Gasteiger partial charge is 0.376 e. The minimum Gasteiger partial charge on any atom is -0.376 e. The Labute approximate surface area is 147 Å². The van der Waals surface area contributed by atoms with Crippen LogP contribution in [0.15, 0.2) is 29.4 Å². The molecule has 0 radical (unpaired) electrons. The van der Waals surface area contributed by atoms with Gasteiger partial charge in [0.05, 0.1) is 22.9 Å². The lowest BCUT2D eigenvalue weighted by Gasteiger charge is -2.11. The SMILES string of the molecule is CCCCn1c(SCC(=O)NC[C@@H]2CCCO2)nc2ccccc21. The monoisotopic (exact) mass is 347 g/mol. The second-order valence-corrected chi connectivity index (χ2v) is 7.06. The number of thioether (sulfide) groups is 1. The van der Waals surface area contributed by atoms with Gasteiger partial charge in [-0.25, -0.2) is 4.98 Å². The maximum Gasteiger partial charge on any atom is 0.230 e. The first-order chi connectivity index (χ1) is 11.8. The van der Waals surface area contributed by atoms with Gasteiger partial charge in [-0.3, -0.25) is 4.79 Å². The van der Waals surface area contributed by atoms with Crippen LogP contribution >= 0.6 is 11.8 Å². The summed E-state index contributed by atoms with van der Waals surface area (Å²) in [4.78, 5) is 16.8. The molecule has 6 heteroatoms.